The van der Waals surface area contributed by atoms with E-state index < -0.39 is 10.0 Å². The molecule has 1 aromatic carbocycles. The summed E-state index contributed by atoms with van der Waals surface area (Å²) in [5.41, 5.74) is 1.39. The van der Waals surface area contributed by atoms with E-state index in [-0.39, 0.29) is 11.9 Å². The Morgan fingerprint density at radius 3 is 2.57 bits per heavy atom. The minimum Gasteiger partial charge on any atom is -0.361 e. The van der Waals surface area contributed by atoms with Gasteiger partial charge < -0.3 is 10.2 Å². The molecule has 2 aliphatic heterocycles. The molecule has 0 saturated carbocycles. The molecular weight excluding hydrogens is 290 g/mol. The molecule has 1 unspecified atom stereocenters. The van der Waals surface area contributed by atoms with E-state index in [1.807, 2.05) is 0 Å². The van der Waals surface area contributed by atoms with Gasteiger partial charge in [-0.2, -0.15) is 4.31 Å². The molecule has 1 aromatic rings. The number of anilines is 2. The predicted octanol–water partition coefficient (Wildman–Crippen LogP) is 1.25. The lowest BCUT2D eigenvalue weighted by atomic mass is 10.1. The molecule has 0 aromatic heterocycles. The highest BCUT2D eigenvalue weighted by atomic mass is 32.2. The third kappa shape index (κ3) is 2.30. The van der Waals surface area contributed by atoms with Crippen LogP contribution in [0.5, 0.6) is 0 Å². The molecule has 6 nitrogen and oxygen atoms in total. The molecule has 1 amide bonds. The van der Waals surface area contributed by atoms with Crippen LogP contribution in [-0.2, 0) is 14.8 Å². The molecule has 7 heteroatoms. The van der Waals surface area contributed by atoms with Crippen LogP contribution < -0.4 is 10.2 Å². The van der Waals surface area contributed by atoms with Crippen molar-refractivity contribution in [2.75, 3.05) is 30.4 Å². The molecule has 0 spiro atoms. The van der Waals surface area contributed by atoms with Gasteiger partial charge in [-0.15, -0.1) is 0 Å². The zero-order chi connectivity index (χ0) is 15.2. The largest absolute Gasteiger partial charge is 0.361 e. The van der Waals surface area contributed by atoms with Crippen molar-refractivity contribution in [1.82, 2.24) is 4.31 Å². The van der Waals surface area contributed by atoms with Gasteiger partial charge in [-0.3, -0.25) is 4.79 Å². The number of fused-ring (bicyclic) bond motifs is 1. The Morgan fingerprint density at radius 2 is 1.90 bits per heavy atom. The number of sulfonamides is 1. The molecule has 0 radical (unpaired) electrons. The Morgan fingerprint density at radius 1 is 1.24 bits per heavy atom. The number of carbonyl (C=O) groups excluding carboxylic acids is 1. The van der Waals surface area contributed by atoms with Gasteiger partial charge in [-0.05, 0) is 38.0 Å². The fourth-order valence-corrected chi connectivity index (χ4v) is 4.31. The summed E-state index contributed by atoms with van der Waals surface area (Å²) in [5, 5.41) is 2.80. The lowest BCUT2D eigenvalue weighted by molar-refractivity contribution is -0.117. The topological polar surface area (TPSA) is 69.7 Å². The van der Waals surface area contributed by atoms with Crippen LogP contribution >= 0.6 is 0 Å². The third-order valence-electron chi connectivity index (χ3n) is 4.27. The standard InChI is InChI=1S/C14H19N3O3S/c1-10-14(18)15-12-6-5-11(9-13(12)16(10)2)21(19,20)17-7-3-4-8-17/h5-6,9-10H,3-4,7-8H2,1-2H3,(H,15,18). The number of hydrogen-bond acceptors (Lipinski definition) is 4. The minimum atomic E-state index is -3.43. The summed E-state index contributed by atoms with van der Waals surface area (Å²) in [4.78, 5) is 13.9. The highest BCUT2D eigenvalue weighted by Crippen LogP contribution is 2.34. The van der Waals surface area contributed by atoms with Gasteiger partial charge in [0.05, 0.1) is 16.3 Å². The summed E-state index contributed by atoms with van der Waals surface area (Å²) in [5.74, 6) is -0.0832. The normalized spacial score (nSPS) is 23.0. The number of benzene rings is 1. The average molecular weight is 309 g/mol. The maximum absolute atomic E-state index is 12.6. The van der Waals surface area contributed by atoms with Crippen LogP contribution in [0.25, 0.3) is 0 Å². The molecule has 1 N–H and O–H groups in total. The second-order valence-corrected chi connectivity index (χ2v) is 7.50. The van der Waals surface area contributed by atoms with E-state index in [1.54, 1.807) is 37.1 Å². The van der Waals surface area contributed by atoms with E-state index in [2.05, 4.69) is 5.32 Å². The molecule has 1 atom stereocenters. The summed E-state index contributed by atoms with van der Waals surface area (Å²) in [7, 11) is -1.63. The zero-order valence-corrected chi connectivity index (χ0v) is 13.0. The van der Waals surface area contributed by atoms with Crippen LogP contribution in [0.3, 0.4) is 0 Å². The van der Waals surface area contributed by atoms with Gasteiger partial charge in [0.25, 0.3) is 0 Å². The first-order valence-corrected chi connectivity index (χ1v) is 8.53. The maximum Gasteiger partial charge on any atom is 0.246 e. The van der Waals surface area contributed by atoms with E-state index in [1.165, 1.54) is 4.31 Å². The maximum atomic E-state index is 12.6. The van der Waals surface area contributed by atoms with Gasteiger partial charge in [0.2, 0.25) is 15.9 Å². The molecule has 2 aliphatic rings. The first-order chi connectivity index (χ1) is 9.91. The number of carbonyl (C=O) groups is 1. The Balaban J connectivity index is 2.02. The molecular formula is C14H19N3O3S. The SMILES string of the molecule is CC1C(=O)Nc2ccc(S(=O)(=O)N3CCCC3)cc2N1C. The van der Waals surface area contributed by atoms with Gasteiger partial charge in [-0.25, -0.2) is 8.42 Å². The van der Waals surface area contributed by atoms with Crippen LogP contribution in [0.4, 0.5) is 11.4 Å². The van der Waals surface area contributed by atoms with Crippen molar-refractivity contribution in [2.24, 2.45) is 0 Å². The lowest BCUT2D eigenvalue weighted by Gasteiger charge is -2.33. The first kappa shape index (κ1) is 14.3. The van der Waals surface area contributed by atoms with Gasteiger partial charge >= 0.3 is 0 Å². The third-order valence-corrected chi connectivity index (χ3v) is 6.16. The second kappa shape index (κ2) is 4.99. The summed E-state index contributed by atoms with van der Waals surface area (Å²) in [6.45, 7) is 2.96. The number of amides is 1. The highest BCUT2D eigenvalue weighted by Gasteiger charge is 2.31. The fourth-order valence-electron chi connectivity index (χ4n) is 2.77. The van der Waals surface area contributed by atoms with Crippen molar-refractivity contribution in [3.05, 3.63) is 18.2 Å². The Bertz CT molecular complexity index is 681. The number of hydrogen-bond donors (Lipinski definition) is 1. The Kier molecular flexibility index (Phi) is 3.41. The van der Waals surface area contributed by atoms with Crippen molar-refractivity contribution >= 4 is 27.3 Å². The summed E-state index contributed by atoms with van der Waals surface area (Å²) >= 11 is 0. The molecule has 0 aliphatic carbocycles. The van der Waals surface area contributed by atoms with E-state index in [0.717, 1.165) is 18.5 Å². The van der Waals surface area contributed by atoms with Crippen molar-refractivity contribution < 1.29 is 13.2 Å². The van der Waals surface area contributed by atoms with Gasteiger partial charge in [0.1, 0.15) is 6.04 Å². The van der Waals surface area contributed by atoms with E-state index in [4.69, 9.17) is 0 Å². The minimum absolute atomic E-state index is 0.0832. The Labute approximate surface area is 124 Å². The van der Waals surface area contributed by atoms with Gasteiger partial charge in [0.15, 0.2) is 0 Å². The first-order valence-electron chi connectivity index (χ1n) is 7.09. The number of nitrogens with zero attached hydrogens (tertiary/aromatic N) is 2. The summed E-state index contributed by atoms with van der Waals surface area (Å²) in [6, 6.07) is 4.57. The lowest BCUT2D eigenvalue weighted by Crippen LogP contribution is -2.44. The second-order valence-electron chi connectivity index (χ2n) is 5.57. The molecule has 114 valence electrons. The van der Waals surface area contributed by atoms with Crippen LogP contribution in [0.1, 0.15) is 19.8 Å². The van der Waals surface area contributed by atoms with Crippen molar-refractivity contribution in [1.29, 1.82) is 0 Å². The van der Waals surface area contributed by atoms with Crippen LogP contribution in [0.15, 0.2) is 23.1 Å². The fraction of sp³-hybridized carbons (Fsp3) is 0.500. The summed E-state index contributed by atoms with van der Waals surface area (Å²) in [6.07, 6.45) is 1.83. The molecule has 2 heterocycles. The van der Waals surface area contributed by atoms with Crippen LogP contribution in [0, 0.1) is 0 Å². The zero-order valence-electron chi connectivity index (χ0n) is 12.2. The predicted molar refractivity (Wildman–Crippen MR) is 80.9 cm³/mol. The van der Waals surface area contributed by atoms with Gasteiger partial charge in [-0.1, -0.05) is 0 Å². The van der Waals surface area contributed by atoms with E-state index >= 15 is 0 Å². The van der Waals surface area contributed by atoms with Crippen molar-refractivity contribution in [2.45, 2.75) is 30.7 Å². The van der Waals surface area contributed by atoms with Gasteiger partial charge in [0, 0.05) is 20.1 Å². The number of rotatable bonds is 2. The highest BCUT2D eigenvalue weighted by molar-refractivity contribution is 7.89. The van der Waals surface area contributed by atoms with E-state index in [0.29, 0.717) is 23.7 Å². The molecule has 3 rings (SSSR count). The monoisotopic (exact) mass is 309 g/mol. The number of nitrogens with one attached hydrogen (secondary N) is 1. The summed E-state index contributed by atoms with van der Waals surface area (Å²) < 4.78 is 26.7. The Hall–Kier alpha value is -1.60. The van der Waals surface area contributed by atoms with E-state index in [9.17, 15) is 13.2 Å². The van der Waals surface area contributed by atoms with Crippen molar-refractivity contribution in [3.63, 3.8) is 0 Å². The molecule has 21 heavy (non-hydrogen) atoms. The number of likely N-dealkylation sites (N-methyl/N-ethyl adjacent to an activating group) is 1. The van der Waals surface area contributed by atoms with Crippen LogP contribution in [-0.4, -0.2) is 44.8 Å². The quantitative estimate of drug-likeness (QED) is 0.892. The molecule has 0 bridgehead atoms. The molecule has 1 fully saturated rings. The van der Waals surface area contributed by atoms with Crippen LogP contribution in [0.2, 0.25) is 0 Å². The molecule has 1 saturated heterocycles. The average Bonchev–Trinajstić information content (AvgIpc) is 2.99. The smallest absolute Gasteiger partial charge is 0.246 e. The van der Waals surface area contributed by atoms with Crippen molar-refractivity contribution in [3.8, 4) is 0 Å².